The standard InChI is InChI=1S/C19H21FN2O4S/c20-15-4-2-1-3-13(15)9-17-22-16(11-27-17)18(23)21-10-14(19(24)25)12-5-7-26-8-6-12/h1-4,11-12,14H,5-10H2,(H,21,23)(H,24,25). The molecule has 0 bridgehead atoms. The van der Waals surface area contributed by atoms with Crippen molar-refractivity contribution in [3.63, 3.8) is 0 Å². The molecule has 8 heteroatoms. The quantitative estimate of drug-likeness (QED) is 0.756. The lowest BCUT2D eigenvalue weighted by Gasteiger charge is -2.27. The molecule has 1 saturated heterocycles. The summed E-state index contributed by atoms with van der Waals surface area (Å²) in [6.45, 7) is 1.15. The number of halogens is 1. The number of hydrogen-bond donors (Lipinski definition) is 2. The molecule has 0 spiro atoms. The van der Waals surface area contributed by atoms with E-state index in [1.807, 2.05) is 0 Å². The van der Waals surface area contributed by atoms with E-state index in [0.717, 1.165) is 0 Å². The van der Waals surface area contributed by atoms with E-state index < -0.39 is 17.8 Å². The number of carbonyl (C=O) groups is 2. The number of aromatic nitrogens is 1. The molecule has 1 fully saturated rings. The Morgan fingerprint density at radius 3 is 2.78 bits per heavy atom. The highest BCUT2D eigenvalue weighted by atomic mass is 32.1. The fraction of sp³-hybridized carbons (Fsp3) is 0.421. The van der Waals surface area contributed by atoms with Gasteiger partial charge in [0.05, 0.1) is 10.9 Å². The molecule has 6 nitrogen and oxygen atoms in total. The Morgan fingerprint density at radius 1 is 1.33 bits per heavy atom. The van der Waals surface area contributed by atoms with Gasteiger partial charge in [-0.15, -0.1) is 11.3 Å². The largest absolute Gasteiger partial charge is 0.481 e. The first-order valence-corrected chi connectivity index (χ1v) is 9.69. The minimum absolute atomic E-state index is 0.0106. The van der Waals surface area contributed by atoms with Gasteiger partial charge in [-0.05, 0) is 30.4 Å². The SMILES string of the molecule is O=C(NCC(C(=O)O)C1CCOCC1)c1csc(Cc2ccccc2F)n1. The minimum Gasteiger partial charge on any atom is -0.481 e. The zero-order chi connectivity index (χ0) is 19.2. The first-order chi connectivity index (χ1) is 13.0. The van der Waals surface area contributed by atoms with Crippen LogP contribution < -0.4 is 5.32 Å². The fourth-order valence-electron chi connectivity index (χ4n) is 3.17. The van der Waals surface area contributed by atoms with Crippen LogP contribution in [0.3, 0.4) is 0 Å². The zero-order valence-corrected chi connectivity index (χ0v) is 15.5. The molecule has 1 unspecified atom stereocenters. The van der Waals surface area contributed by atoms with Crippen LogP contribution in [0.5, 0.6) is 0 Å². The van der Waals surface area contributed by atoms with Gasteiger partial charge in [-0.25, -0.2) is 9.37 Å². The molecule has 1 aromatic carbocycles. The van der Waals surface area contributed by atoms with Crippen molar-refractivity contribution in [2.75, 3.05) is 19.8 Å². The molecule has 2 aromatic rings. The lowest BCUT2D eigenvalue weighted by Crippen LogP contribution is -2.39. The van der Waals surface area contributed by atoms with Crippen LogP contribution in [0.2, 0.25) is 0 Å². The summed E-state index contributed by atoms with van der Waals surface area (Å²) in [4.78, 5) is 28.1. The van der Waals surface area contributed by atoms with Gasteiger partial charge in [0.25, 0.3) is 5.91 Å². The second kappa shape index (κ2) is 9.05. The van der Waals surface area contributed by atoms with E-state index >= 15 is 0 Å². The van der Waals surface area contributed by atoms with E-state index in [-0.39, 0.29) is 24.0 Å². The number of nitrogens with one attached hydrogen (secondary N) is 1. The maximum absolute atomic E-state index is 13.7. The molecule has 1 aliphatic rings. The normalized spacial score (nSPS) is 16.0. The van der Waals surface area contributed by atoms with Gasteiger partial charge >= 0.3 is 5.97 Å². The summed E-state index contributed by atoms with van der Waals surface area (Å²) >= 11 is 1.28. The number of aliphatic carboxylic acids is 1. The van der Waals surface area contributed by atoms with Crippen LogP contribution in [0.1, 0.15) is 33.9 Å². The van der Waals surface area contributed by atoms with E-state index in [0.29, 0.717) is 43.0 Å². The number of nitrogens with zero attached hydrogens (tertiary/aromatic N) is 1. The molecule has 1 aromatic heterocycles. The van der Waals surface area contributed by atoms with Gasteiger partial charge in [-0.3, -0.25) is 9.59 Å². The maximum atomic E-state index is 13.7. The van der Waals surface area contributed by atoms with Crippen molar-refractivity contribution in [3.05, 3.63) is 51.7 Å². The summed E-state index contributed by atoms with van der Waals surface area (Å²) < 4.78 is 19.0. The van der Waals surface area contributed by atoms with Gasteiger partial charge in [-0.2, -0.15) is 0 Å². The number of ether oxygens (including phenoxy) is 1. The highest BCUT2D eigenvalue weighted by molar-refractivity contribution is 7.09. The Bertz CT molecular complexity index is 805. The molecule has 2 heterocycles. The molecule has 1 atom stereocenters. The van der Waals surface area contributed by atoms with Crippen LogP contribution in [0.25, 0.3) is 0 Å². The average Bonchev–Trinajstić information content (AvgIpc) is 3.13. The molecule has 0 radical (unpaired) electrons. The van der Waals surface area contributed by atoms with Crippen molar-refractivity contribution in [2.45, 2.75) is 19.3 Å². The summed E-state index contributed by atoms with van der Waals surface area (Å²) in [6.07, 6.45) is 1.66. The number of carbonyl (C=O) groups excluding carboxylic acids is 1. The predicted molar refractivity (Wildman–Crippen MR) is 98.3 cm³/mol. The predicted octanol–water partition coefficient (Wildman–Crippen LogP) is 2.73. The molecule has 3 rings (SSSR count). The fourth-order valence-corrected chi connectivity index (χ4v) is 3.97. The van der Waals surface area contributed by atoms with Gasteiger partial charge in [0.2, 0.25) is 0 Å². The first kappa shape index (κ1) is 19.4. The maximum Gasteiger partial charge on any atom is 0.308 e. The third kappa shape index (κ3) is 5.11. The zero-order valence-electron chi connectivity index (χ0n) is 14.7. The Labute approximate surface area is 160 Å². The highest BCUT2D eigenvalue weighted by Gasteiger charge is 2.30. The molecule has 27 heavy (non-hydrogen) atoms. The van der Waals surface area contributed by atoms with Gasteiger partial charge in [0.15, 0.2) is 0 Å². The number of carboxylic acid groups (broad SMARTS) is 1. The number of amides is 1. The molecule has 2 N–H and O–H groups in total. The number of carboxylic acids is 1. The molecule has 0 saturated carbocycles. The lowest BCUT2D eigenvalue weighted by molar-refractivity contribution is -0.144. The Balaban J connectivity index is 1.58. The van der Waals surface area contributed by atoms with E-state index in [9.17, 15) is 19.1 Å². The van der Waals surface area contributed by atoms with Crippen molar-refractivity contribution < 1.29 is 23.8 Å². The van der Waals surface area contributed by atoms with E-state index in [1.54, 1.807) is 23.6 Å². The summed E-state index contributed by atoms with van der Waals surface area (Å²) in [6, 6.07) is 6.44. The smallest absolute Gasteiger partial charge is 0.308 e. The third-order valence-electron chi connectivity index (χ3n) is 4.72. The Hall–Kier alpha value is -2.32. The van der Waals surface area contributed by atoms with Gasteiger partial charge in [-0.1, -0.05) is 18.2 Å². The third-order valence-corrected chi connectivity index (χ3v) is 5.57. The number of thiazole rings is 1. The second-order valence-corrected chi connectivity index (χ2v) is 7.44. The van der Waals surface area contributed by atoms with Crippen LogP contribution in [0, 0.1) is 17.7 Å². The summed E-state index contributed by atoms with van der Waals surface area (Å²) in [5.41, 5.74) is 0.742. The summed E-state index contributed by atoms with van der Waals surface area (Å²) in [7, 11) is 0. The van der Waals surface area contributed by atoms with Gasteiger partial charge in [0.1, 0.15) is 11.5 Å². The lowest BCUT2D eigenvalue weighted by atomic mass is 9.86. The molecule has 1 amide bonds. The molecule has 144 valence electrons. The number of benzene rings is 1. The monoisotopic (exact) mass is 392 g/mol. The van der Waals surface area contributed by atoms with E-state index in [2.05, 4.69) is 10.3 Å². The van der Waals surface area contributed by atoms with Gasteiger partial charge in [0, 0.05) is 31.6 Å². The van der Waals surface area contributed by atoms with Crippen LogP contribution in [-0.4, -0.2) is 41.7 Å². The highest BCUT2D eigenvalue weighted by Crippen LogP contribution is 2.24. The van der Waals surface area contributed by atoms with Crippen molar-refractivity contribution in [3.8, 4) is 0 Å². The van der Waals surface area contributed by atoms with Crippen LogP contribution in [0.4, 0.5) is 4.39 Å². The van der Waals surface area contributed by atoms with Crippen molar-refractivity contribution in [2.24, 2.45) is 11.8 Å². The number of rotatable bonds is 7. The number of hydrogen-bond acceptors (Lipinski definition) is 5. The van der Waals surface area contributed by atoms with Crippen molar-refractivity contribution in [1.82, 2.24) is 10.3 Å². The van der Waals surface area contributed by atoms with E-state index in [1.165, 1.54) is 17.4 Å². The molecular formula is C19H21FN2O4S. The van der Waals surface area contributed by atoms with Gasteiger partial charge < -0.3 is 15.2 Å². The van der Waals surface area contributed by atoms with Crippen molar-refractivity contribution in [1.29, 1.82) is 0 Å². The Morgan fingerprint density at radius 2 is 2.07 bits per heavy atom. The minimum atomic E-state index is -0.916. The van der Waals surface area contributed by atoms with Crippen LogP contribution in [-0.2, 0) is 16.0 Å². The molecular weight excluding hydrogens is 371 g/mol. The van der Waals surface area contributed by atoms with Crippen molar-refractivity contribution >= 4 is 23.2 Å². The molecule has 0 aliphatic carbocycles. The summed E-state index contributed by atoms with van der Waals surface area (Å²) in [5, 5.41) is 14.4. The summed E-state index contributed by atoms with van der Waals surface area (Å²) in [5.74, 6) is -2.29. The first-order valence-electron chi connectivity index (χ1n) is 8.81. The second-order valence-electron chi connectivity index (χ2n) is 6.50. The Kier molecular flexibility index (Phi) is 6.52. The van der Waals surface area contributed by atoms with E-state index in [4.69, 9.17) is 4.74 Å². The van der Waals surface area contributed by atoms with Crippen LogP contribution >= 0.6 is 11.3 Å². The molecule has 1 aliphatic heterocycles. The van der Waals surface area contributed by atoms with Crippen LogP contribution in [0.15, 0.2) is 29.6 Å². The average molecular weight is 392 g/mol. The topological polar surface area (TPSA) is 88.5 Å².